The molecule has 4 heterocycles. The normalized spacial score (nSPS) is 14.2. The predicted octanol–water partition coefficient (Wildman–Crippen LogP) is 1.27. The maximum atomic E-state index is 12.3. The molecule has 164 valence electrons. The van der Waals surface area contributed by atoms with E-state index in [4.69, 9.17) is 10.5 Å². The van der Waals surface area contributed by atoms with Crippen LogP contribution in [-0.2, 0) is 20.9 Å². The Bertz CT molecular complexity index is 1310. The second-order valence-electron chi connectivity index (χ2n) is 7.45. The molecule has 0 bridgehead atoms. The molecule has 0 unspecified atom stereocenters. The van der Waals surface area contributed by atoms with Crippen molar-refractivity contribution in [2.75, 3.05) is 38.6 Å². The first-order valence-corrected chi connectivity index (χ1v) is 11.0. The average Bonchev–Trinajstić information content (AvgIpc) is 3.43. The van der Waals surface area contributed by atoms with E-state index in [0.717, 1.165) is 31.4 Å². The summed E-state index contributed by atoms with van der Waals surface area (Å²) in [5.41, 5.74) is 8.70. The number of ether oxygens (including phenoxy) is 1. The van der Waals surface area contributed by atoms with E-state index in [-0.39, 0.29) is 24.9 Å². The van der Waals surface area contributed by atoms with Crippen LogP contribution in [0.25, 0.3) is 31.4 Å². The summed E-state index contributed by atoms with van der Waals surface area (Å²) < 4.78 is 8.72. The smallest absolute Gasteiger partial charge is 0.242 e. The molecule has 3 aromatic heterocycles. The number of amides is 2. The van der Waals surface area contributed by atoms with E-state index in [1.54, 1.807) is 27.1 Å². The standard InChI is InChI=1S/C21H21N7O3S/c22-21-20-19(24-12-25-21)15-2-1-13(7-16(15)32-20)14-8-26-28(10-14)11-17(29)23-9-18(30)27-3-5-31-6-4-27/h1-2,7-8,10,12H,3-6,9,11H2,(H,23,29)(H2,22,24,25). The number of aromatic nitrogens is 4. The molecule has 1 saturated heterocycles. The van der Waals surface area contributed by atoms with Crippen LogP contribution in [-0.4, -0.2) is 69.3 Å². The number of benzene rings is 1. The first-order valence-electron chi connectivity index (χ1n) is 10.2. The summed E-state index contributed by atoms with van der Waals surface area (Å²) in [5, 5.41) is 7.99. The van der Waals surface area contributed by atoms with Crippen LogP contribution in [0.15, 0.2) is 36.9 Å². The van der Waals surface area contributed by atoms with Crippen molar-refractivity contribution < 1.29 is 14.3 Å². The number of carbonyl (C=O) groups is 2. The summed E-state index contributed by atoms with van der Waals surface area (Å²) >= 11 is 1.55. The van der Waals surface area contributed by atoms with E-state index in [0.29, 0.717) is 32.1 Å². The van der Waals surface area contributed by atoms with E-state index >= 15 is 0 Å². The lowest BCUT2D eigenvalue weighted by molar-refractivity contribution is -0.136. The van der Waals surface area contributed by atoms with E-state index in [1.807, 2.05) is 18.3 Å². The molecule has 1 aliphatic heterocycles. The number of nitrogens with two attached hydrogens (primary N) is 1. The maximum Gasteiger partial charge on any atom is 0.242 e. The zero-order valence-electron chi connectivity index (χ0n) is 17.2. The summed E-state index contributed by atoms with van der Waals surface area (Å²) in [6, 6.07) is 6.07. The Morgan fingerprint density at radius 1 is 1.19 bits per heavy atom. The Kier molecular flexibility index (Phi) is 5.41. The first-order chi connectivity index (χ1) is 15.6. The van der Waals surface area contributed by atoms with Gasteiger partial charge in [-0.1, -0.05) is 12.1 Å². The van der Waals surface area contributed by atoms with Crippen molar-refractivity contribution in [1.82, 2.24) is 30.0 Å². The first kappa shape index (κ1) is 20.3. The fourth-order valence-electron chi connectivity index (χ4n) is 3.67. The van der Waals surface area contributed by atoms with Crippen molar-refractivity contribution in [2.24, 2.45) is 0 Å². The van der Waals surface area contributed by atoms with Gasteiger partial charge in [0.2, 0.25) is 11.8 Å². The number of nitrogen functional groups attached to an aromatic ring is 1. The van der Waals surface area contributed by atoms with Crippen molar-refractivity contribution in [2.45, 2.75) is 6.54 Å². The number of thiophene rings is 1. The Morgan fingerprint density at radius 3 is 2.88 bits per heavy atom. The highest BCUT2D eigenvalue weighted by Gasteiger charge is 2.17. The number of morpholine rings is 1. The van der Waals surface area contributed by atoms with E-state index < -0.39 is 0 Å². The average molecular weight is 452 g/mol. The van der Waals surface area contributed by atoms with Gasteiger partial charge in [0.1, 0.15) is 18.7 Å². The Balaban J connectivity index is 1.25. The largest absolute Gasteiger partial charge is 0.382 e. The van der Waals surface area contributed by atoms with Crippen molar-refractivity contribution >= 4 is 49.3 Å². The molecule has 11 heteroatoms. The number of nitrogens with one attached hydrogen (secondary N) is 1. The third-order valence-corrected chi connectivity index (χ3v) is 6.52. The number of hydrogen-bond acceptors (Lipinski definition) is 8. The third-order valence-electron chi connectivity index (χ3n) is 5.35. The van der Waals surface area contributed by atoms with Crippen LogP contribution < -0.4 is 11.1 Å². The zero-order chi connectivity index (χ0) is 22.1. The zero-order valence-corrected chi connectivity index (χ0v) is 18.0. The van der Waals surface area contributed by atoms with Crippen molar-refractivity contribution in [3.8, 4) is 11.1 Å². The van der Waals surface area contributed by atoms with Gasteiger partial charge in [0, 0.05) is 34.9 Å². The van der Waals surface area contributed by atoms with Crippen LogP contribution in [0, 0.1) is 0 Å². The molecule has 3 N–H and O–H groups in total. The molecule has 1 aromatic carbocycles. The molecule has 0 atom stereocenters. The number of rotatable bonds is 5. The Labute approximate surface area is 187 Å². The fraction of sp³-hybridized carbons (Fsp3) is 0.286. The minimum Gasteiger partial charge on any atom is -0.382 e. The van der Waals surface area contributed by atoms with Crippen LogP contribution in [0.2, 0.25) is 0 Å². The topological polar surface area (TPSA) is 128 Å². The summed E-state index contributed by atoms with van der Waals surface area (Å²) in [7, 11) is 0. The van der Waals surface area contributed by atoms with Gasteiger partial charge in [-0.05, 0) is 11.6 Å². The molecular formula is C21H21N7O3S. The molecule has 2 amide bonds. The van der Waals surface area contributed by atoms with E-state index in [2.05, 4.69) is 26.4 Å². The molecule has 1 aliphatic rings. The molecular weight excluding hydrogens is 430 g/mol. The lowest BCUT2D eigenvalue weighted by Gasteiger charge is -2.26. The molecule has 0 aliphatic carbocycles. The molecule has 0 radical (unpaired) electrons. The molecule has 4 aromatic rings. The number of hydrogen-bond donors (Lipinski definition) is 2. The molecule has 0 saturated carbocycles. The van der Waals surface area contributed by atoms with Gasteiger partial charge in [0.25, 0.3) is 0 Å². The van der Waals surface area contributed by atoms with Crippen LogP contribution in [0.1, 0.15) is 0 Å². The van der Waals surface area contributed by atoms with Crippen LogP contribution in [0.3, 0.4) is 0 Å². The van der Waals surface area contributed by atoms with E-state index in [1.165, 1.54) is 6.33 Å². The van der Waals surface area contributed by atoms with Crippen LogP contribution in [0.5, 0.6) is 0 Å². The maximum absolute atomic E-state index is 12.3. The van der Waals surface area contributed by atoms with Gasteiger partial charge in [-0.2, -0.15) is 5.10 Å². The van der Waals surface area contributed by atoms with Gasteiger partial charge in [0.05, 0.1) is 36.2 Å². The van der Waals surface area contributed by atoms with Crippen molar-refractivity contribution in [3.05, 3.63) is 36.9 Å². The number of nitrogens with zero attached hydrogens (tertiary/aromatic N) is 5. The van der Waals surface area contributed by atoms with Crippen molar-refractivity contribution in [1.29, 1.82) is 0 Å². The minimum atomic E-state index is -0.268. The summed E-state index contributed by atoms with van der Waals surface area (Å²) in [6.45, 7) is 2.18. The van der Waals surface area contributed by atoms with Gasteiger partial charge in [0.15, 0.2) is 0 Å². The van der Waals surface area contributed by atoms with E-state index in [9.17, 15) is 9.59 Å². The number of anilines is 1. The fourth-order valence-corrected chi connectivity index (χ4v) is 4.77. The minimum absolute atomic E-state index is 0.0262. The SMILES string of the molecule is Nc1ncnc2c1sc1cc(-c3cnn(CC(=O)NCC(=O)N4CCOCC4)c3)ccc12. The number of fused-ring (bicyclic) bond motifs is 3. The van der Waals surface area contributed by atoms with Gasteiger partial charge in [-0.3, -0.25) is 14.3 Å². The number of carbonyl (C=O) groups excluding carboxylic acids is 2. The molecule has 32 heavy (non-hydrogen) atoms. The van der Waals surface area contributed by atoms with Crippen molar-refractivity contribution in [3.63, 3.8) is 0 Å². The van der Waals surface area contributed by atoms with Crippen LogP contribution in [0.4, 0.5) is 5.82 Å². The Morgan fingerprint density at radius 2 is 2.03 bits per heavy atom. The molecule has 1 fully saturated rings. The lowest BCUT2D eigenvalue weighted by Crippen LogP contribution is -2.46. The summed E-state index contributed by atoms with van der Waals surface area (Å²) in [5.74, 6) is 0.101. The second-order valence-corrected chi connectivity index (χ2v) is 8.50. The quantitative estimate of drug-likeness (QED) is 0.467. The van der Waals surface area contributed by atoms with Gasteiger partial charge < -0.3 is 20.7 Å². The molecule has 0 spiro atoms. The highest BCUT2D eigenvalue weighted by Crippen LogP contribution is 2.36. The predicted molar refractivity (Wildman–Crippen MR) is 121 cm³/mol. The highest BCUT2D eigenvalue weighted by atomic mass is 32.1. The summed E-state index contributed by atoms with van der Waals surface area (Å²) in [6.07, 6.45) is 5.00. The van der Waals surface area contributed by atoms with Gasteiger partial charge in [-0.25, -0.2) is 9.97 Å². The molecule has 10 nitrogen and oxygen atoms in total. The monoisotopic (exact) mass is 451 g/mol. The molecule has 5 rings (SSSR count). The second kappa shape index (κ2) is 8.52. The lowest BCUT2D eigenvalue weighted by atomic mass is 10.1. The van der Waals surface area contributed by atoms with Gasteiger partial charge in [-0.15, -0.1) is 11.3 Å². The highest BCUT2D eigenvalue weighted by molar-refractivity contribution is 7.26. The Hall–Kier alpha value is -3.57. The van der Waals surface area contributed by atoms with Gasteiger partial charge >= 0.3 is 0 Å². The summed E-state index contributed by atoms with van der Waals surface area (Å²) in [4.78, 5) is 34.5. The third kappa shape index (κ3) is 3.99. The van der Waals surface area contributed by atoms with Crippen LogP contribution >= 0.6 is 11.3 Å².